The maximum Gasteiger partial charge on any atom is 0.107 e. The molecule has 0 aliphatic rings. The second-order valence-electron chi connectivity index (χ2n) is 4.14. The van der Waals surface area contributed by atoms with Crippen LogP contribution in [0.3, 0.4) is 0 Å². The monoisotopic (exact) mass is 266 g/mol. The molecule has 2 aromatic rings. The van der Waals surface area contributed by atoms with Crippen molar-refractivity contribution in [2.75, 3.05) is 0 Å². The quantitative estimate of drug-likeness (QED) is 0.906. The molecule has 0 atom stereocenters. The van der Waals surface area contributed by atoms with Gasteiger partial charge in [-0.25, -0.2) is 4.98 Å². The van der Waals surface area contributed by atoms with Crippen molar-refractivity contribution in [1.29, 1.82) is 0 Å². The van der Waals surface area contributed by atoms with Gasteiger partial charge in [0.25, 0.3) is 0 Å². The number of benzene rings is 1. The van der Waals surface area contributed by atoms with Gasteiger partial charge < -0.3 is 5.32 Å². The highest BCUT2D eigenvalue weighted by molar-refractivity contribution is 7.09. The average Bonchev–Trinajstić information content (AvgIpc) is 2.75. The van der Waals surface area contributed by atoms with Crippen molar-refractivity contribution in [3.05, 3.63) is 39.7 Å². The fourth-order valence-electron chi connectivity index (χ4n) is 1.48. The average molecular weight is 267 g/mol. The van der Waals surface area contributed by atoms with Crippen LogP contribution in [0.4, 0.5) is 0 Å². The third kappa shape index (κ3) is 3.28. The summed E-state index contributed by atoms with van der Waals surface area (Å²) >= 11 is 7.81. The first-order chi connectivity index (χ1) is 8.16. The zero-order chi connectivity index (χ0) is 12.3. The molecule has 0 fully saturated rings. The van der Waals surface area contributed by atoms with Gasteiger partial charge in [-0.3, -0.25) is 0 Å². The number of aromatic nitrogens is 1. The number of nitrogens with one attached hydrogen (secondary N) is 1. The minimum atomic E-state index is 0.475. The van der Waals surface area contributed by atoms with Gasteiger partial charge in [-0.2, -0.15) is 0 Å². The molecule has 0 amide bonds. The summed E-state index contributed by atoms with van der Waals surface area (Å²) in [7, 11) is 0. The number of hydrogen-bond donors (Lipinski definition) is 1. The van der Waals surface area contributed by atoms with Gasteiger partial charge in [-0.1, -0.05) is 43.6 Å². The molecule has 90 valence electrons. The number of nitrogens with zero attached hydrogens (tertiary/aromatic N) is 1. The highest BCUT2D eigenvalue weighted by Crippen LogP contribution is 2.28. The number of rotatable bonds is 4. The summed E-state index contributed by atoms with van der Waals surface area (Å²) in [6.45, 7) is 5.07. The van der Waals surface area contributed by atoms with Crippen LogP contribution in [0.5, 0.6) is 0 Å². The van der Waals surface area contributed by atoms with Crippen LogP contribution in [-0.4, -0.2) is 11.0 Å². The predicted octanol–water partition coefficient (Wildman–Crippen LogP) is 3.96. The van der Waals surface area contributed by atoms with Gasteiger partial charge >= 0.3 is 0 Å². The normalized spacial score (nSPS) is 11.1. The minimum absolute atomic E-state index is 0.475. The summed E-state index contributed by atoms with van der Waals surface area (Å²) in [5.74, 6) is 0. The van der Waals surface area contributed by atoms with E-state index in [2.05, 4.69) is 29.5 Å². The van der Waals surface area contributed by atoms with Gasteiger partial charge in [-0.15, -0.1) is 11.3 Å². The molecule has 4 heteroatoms. The lowest BCUT2D eigenvalue weighted by molar-refractivity contribution is 0.587. The first-order valence-electron chi connectivity index (χ1n) is 5.59. The molecular formula is C13H15ClN2S. The first kappa shape index (κ1) is 12.6. The standard InChI is InChI=1S/C13H15ClN2S/c1-9(2)15-7-13-16-12(8-17-13)10-5-3-4-6-11(10)14/h3-6,8-9,15H,7H2,1-2H3. The summed E-state index contributed by atoms with van der Waals surface area (Å²) in [5, 5.41) is 7.25. The Labute approximate surface area is 111 Å². The Hall–Kier alpha value is -0.900. The number of halogens is 1. The van der Waals surface area contributed by atoms with Crippen molar-refractivity contribution in [2.24, 2.45) is 0 Å². The summed E-state index contributed by atoms with van der Waals surface area (Å²) in [6.07, 6.45) is 0. The molecule has 1 N–H and O–H groups in total. The zero-order valence-corrected chi connectivity index (χ0v) is 11.5. The molecule has 2 rings (SSSR count). The van der Waals surface area contributed by atoms with Crippen LogP contribution < -0.4 is 5.32 Å². The summed E-state index contributed by atoms with van der Waals surface area (Å²) in [5.41, 5.74) is 1.96. The Kier molecular flexibility index (Phi) is 4.15. The van der Waals surface area contributed by atoms with Crippen molar-refractivity contribution in [3.63, 3.8) is 0 Å². The highest BCUT2D eigenvalue weighted by Gasteiger charge is 2.07. The lowest BCUT2D eigenvalue weighted by Crippen LogP contribution is -2.21. The van der Waals surface area contributed by atoms with E-state index in [4.69, 9.17) is 11.6 Å². The molecule has 0 saturated heterocycles. The van der Waals surface area contributed by atoms with Crippen LogP contribution in [0.1, 0.15) is 18.9 Å². The molecule has 1 aromatic carbocycles. The Morgan fingerprint density at radius 3 is 2.82 bits per heavy atom. The van der Waals surface area contributed by atoms with Gasteiger partial charge in [0.05, 0.1) is 5.69 Å². The predicted molar refractivity (Wildman–Crippen MR) is 74.5 cm³/mol. The summed E-state index contributed by atoms with van der Waals surface area (Å²) < 4.78 is 0. The molecular weight excluding hydrogens is 252 g/mol. The second kappa shape index (κ2) is 5.63. The lowest BCUT2D eigenvalue weighted by atomic mass is 10.2. The van der Waals surface area contributed by atoms with Gasteiger partial charge in [0.15, 0.2) is 0 Å². The van der Waals surface area contributed by atoms with E-state index in [1.807, 2.05) is 24.3 Å². The highest BCUT2D eigenvalue weighted by atomic mass is 35.5. The molecule has 1 aromatic heterocycles. The second-order valence-corrected chi connectivity index (χ2v) is 5.49. The SMILES string of the molecule is CC(C)NCc1nc(-c2ccccc2Cl)cs1. The molecule has 1 heterocycles. The molecule has 17 heavy (non-hydrogen) atoms. The van der Waals surface area contributed by atoms with Crippen LogP contribution in [-0.2, 0) is 6.54 Å². The minimum Gasteiger partial charge on any atom is -0.308 e. The fourth-order valence-corrected chi connectivity index (χ4v) is 2.45. The Morgan fingerprint density at radius 1 is 1.35 bits per heavy atom. The molecule has 0 radical (unpaired) electrons. The van der Waals surface area contributed by atoms with E-state index in [9.17, 15) is 0 Å². The zero-order valence-electron chi connectivity index (χ0n) is 9.90. The topological polar surface area (TPSA) is 24.9 Å². The molecule has 0 bridgehead atoms. The van der Waals surface area contributed by atoms with E-state index in [-0.39, 0.29) is 0 Å². The van der Waals surface area contributed by atoms with Crippen molar-refractivity contribution < 1.29 is 0 Å². The molecule has 0 aliphatic heterocycles. The van der Waals surface area contributed by atoms with E-state index in [0.29, 0.717) is 6.04 Å². The van der Waals surface area contributed by atoms with Crippen LogP contribution in [0.25, 0.3) is 11.3 Å². The Morgan fingerprint density at radius 2 is 2.12 bits per heavy atom. The molecule has 0 spiro atoms. The van der Waals surface area contributed by atoms with Crippen molar-refractivity contribution in [3.8, 4) is 11.3 Å². The summed E-state index contributed by atoms with van der Waals surface area (Å²) in [6, 6.07) is 8.27. The van der Waals surface area contributed by atoms with E-state index >= 15 is 0 Å². The van der Waals surface area contributed by atoms with E-state index in [0.717, 1.165) is 27.8 Å². The van der Waals surface area contributed by atoms with Crippen molar-refractivity contribution in [2.45, 2.75) is 26.4 Å². The molecule has 0 aliphatic carbocycles. The first-order valence-corrected chi connectivity index (χ1v) is 6.85. The smallest absolute Gasteiger partial charge is 0.107 e. The lowest BCUT2D eigenvalue weighted by Gasteiger charge is -2.04. The summed E-state index contributed by atoms with van der Waals surface area (Å²) in [4.78, 5) is 4.58. The van der Waals surface area contributed by atoms with E-state index in [1.54, 1.807) is 11.3 Å². The van der Waals surface area contributed by atoms with Crippen molar-refractivity contribution in [1.82, 2.24) is 10.3 Å². The maximum atomic E-state index is 6.14. The van der Waals surface area contributed by atoms with E-state index in [1.165, 1.54) is 0 Å². The molecule has 0 saturated carbocycles. The van der Waals surface area contributed by atoms with E-state index < -0.39 is 0 Å². The third-order valence-electron chi connectivity index (χ3n) is 2.36. The largest absolute Gasteiger partial charge is 0.308 e. The number of hydrogen-bond acceptors (Lipinski definition) is 3. The van der Waals surface area contributed by atoms with Crippen LogP contribution >= 0.6 is 22.9 Å². The number of thiazole rings is 1. The van der Waals surface area contributed by atoms with Gasteiger partial charge in [-0.05, 0) is 6.07 Å². The van der Waals surface area contributed by atoms with Gasteiger partial charge in [0.1, 0.15) is 5.01 Å². The Balaban J connectivity index is 2.16. The third-order valence-corrected chi connectivity index (χ3v) is 3.54. The van der Waals surface area contributed by atoms with Crippen LogP contribution in [0, 0.1) is 0 Å². The molecule has 0 unspecified atom stereocenters. The maximum absolute atomic E-state index is 6.14. The molecule has 2 nitrogen and oxygen atoms in total. The van der Waals surface area contributed by atoms with Gasteiger partial charge in [0, 0.05) is 28.6 Å². The Bertz CT molecular complexity index is 494. The van der Waals surface area contributed by atoms with Gasteiger partial charge in [0.2, 0.25) is 0 Å². The van der Waals surface area contributed by atoms with Crippen LogP contribution in [0.2, 0.25) is 5.02 Å². The van der Waals surface area contributed by atoms with Crippen molar-refractivity contribution >= 4 is 22.9 Å². The van der Waals surface area contributed by atoms with Crippen LogP contribution in [0.15, 0.2) is 29.6 Å². The fraction of sp³-hybridized carbons (Fsp3) is 0.308.